The predicted octanol–water partition coefficient (Wildman–Crippen LogP) is 3.79. The summed E-state index contributed by atoms with van der Waals surface area (Å²) in [5.74, 6) is 0.201. The minimum absolute atomic E-state index is 0.142. The number of likely N-dealkylation sites (tertiary alicyclic amines) is 1. The highest BCUT2D eigenvalue weighted by Gasteiger charge is 2.34. The first-order valence-electron chi connectivity index (χ1n) is 9.91. The molecular formula is C21H21F3N6O. The van der Waals surface area contributed by atoms with Crippen LogP contribution < -0.4 is 5.32 Å². The smallest absolute Gasteiger partial charge is 0.365 e. The average Bonchev–Trinajstić information content (AvgIpc) is 3.29. The van der Waals surface area contributed by atoms with E-state index in [-0.39, 0.29) is 18.0 Å². The lowest BCUT2D eigenvalue weighted by Crippen LogP contribution is -2.52. The first-order valence-corrected chi connectivity index (χ1v) is 9.91. The third-order valence-electron chi connectivity index (χ3n) is 5.44. The number of anilines is 1. The topological polar surface area (TPSA) is 75.9 Å². The van der Waals surface area contributed by atoms with Gasteiger partial charge in [0.05, 0.1) is 29.2 Å². The zero-order valence-corrected chi connectivity index (χ0v) is 16.8. The standard InChI is InChI=1S/C21H21F3N6O/c1-14-17(28-19-9-8-15(13-25-19)21(22,23)24)6-4-12-29(14)20(31)16-5-2-3-7-18(16)30-26-10-11-27-30/h2-3,5,7-11,13-14,17H,4,6,12H2,1H3,(H,25,28)/t14-,17-/m1/s1. The van der Waals surface area contributed by atoms with Gasteiger partial charge < -0.3 is 10.2 Å². The van der Waals surface area contributed by atoms with Crippen molar-refractivity contribution < 1.29 is 18.0 Å². The van der Waals surface area contributed by atoms with E-state index in [9.17, 15) is 18.0 Å². The van der Waals surface area contributed by atoms with E-state index in [1.165, 1.54) is 10.9 Å². The Hall–Kier alpha value is -3.43. The van der Waals surface area contributed by atoms with E-state index in [1.807, 2.05) is 13.0 Å². The van der Waals surface area contributed by atoms with Crippen molar-refractivity contribution in [2.45, 2.75) is 38.0 Å². The number of hydrogen-bond donors (Lipinski definition) is 1. The summed E-state index contributed by atoms with van der Waals surface area (Å²) in [6.45, 7) is 2.51. The number of aromatic nitrogens is 4. The molecular weight excluding hydrogens is 409 g/mol. The van der Waals surface area contributed by atoms with Crippen molar-refractivity contribution in [2.75, 3.05) is 11.9 Å². The number of hydrogen-bond acceptors (Lipinski definition) is 5. The fraction of sp³-hybridized carbons (Fsp3) is 0.333. The minimum Gasteiger partial charge on any atom is -0.365 e. The van der Waals surface area contributed by atoms with Crippen LogP contribution in [0.5, 0.6) is 0 Å². The number of nitrogens with one attached hydrogen (secondary N) is 1. The van der Waals surface area contributed by atoms with Gasteiger partial charge in [-0.2, -0.15) is 28.2 Å². The van der Waals surface area contributed by atoms with Gasteiger partial charge in [-0.05, 0) is 44.0 Å². The van der Waals surface area contributed by atoms with Crippen molar-refractivity contribution in [1.82, 2.24) is 24.9 Å². The average molecular weight is 430 g/mol. The van der Waals surface area contributed by atoms with Gasteiger partial charge in [0.1, 0.15) is 5.82 Å². The highest BCUT2D eigenvalue weighted by Crippen LogP contribution is 2.30. The van der Waals surface area contributed by atoms with Gasteiger partial charge in [-0.15, -0.1) is 0 Å². The van der Waals surface area contributed by atoms with Gasteiger partial charge in [-0.1, -0.05) is 12.1 Å². The molecule has 1 N–H and O–H groups in total. The summed E-state index contributed by atoms with van der Waals surface area (Å²) < 4.78 is 38.3. The Balaban J connectivity index is 1.52. The van der Waals surface area contributed by atoms with Gasteiger partial charge in [0.2, 0.25) is 0 Å². The number of nitrogens with zero attached hydrogens (tertiary/aromatic N) is 5. The molecule has 31 heavy (non-hydrogen) atoms. The monoisotopic (exact) mass is 430 g/mol. The Bertz CT molecular complexity index is 1040. The van der Waals surface area contributed by atoms with Gasteiger partial charge >= 0.3 is 6.18 Å². The van der Waals surface area contributed by atoms with Crippen LogP contribution in [0.1, 0.15) is 35.7 Å². The summed E-state index contributed by atoms with van der Waals surface area (Å²) in [4.78, 5) is 20.4. The number of halogens is 3. The fourth-order valence-electron chi connectivity index (χ4n) is 3.78. The Kier molecular flexibility index (Phi) is 5.62. The normalized spacial score (nSPS) is 19.3. The van der Waals surface area contributed by atoms with Crippen molar-refractivity contribution in [3.63, 3.8) is 0 Å². The number of benzene rings is 1. The first-order chi connectivity index (χ1) is 14.8. The lowest BCUT2D eigenvalue weighted by atomic mass is 9.96. The summed E-state index contributed by atoms with van der Waals surface area (Å²) in [5.41, 5.74) is 0.276. The summed E-state index contributed by atoms with van der Waals surface area (Å²) in [7, 11) is 0. The summed E-state index contributed by atoms with van der Waals surface area (Å²) in [5, 5.41) is 11.4. The number of piperidine rings is 1. The molecule has 1 aromatic carbocycles. The molecule has 0 saturated carbocycles. The number of para-hydroxylation sites is 1. The maximum atomic E-state index is 13.4. The number of alkyl halides is 3. The van der Waals surface area contributed by atoms with Gasteiger partial charge in [-0.3, -0.25) is 4.79 Å². The second-order valence-corrected chi connectivity index (χ2v) is 7.40. The van der Waals surface area contributed by atoms with Crippen LogP contribution in [0.25, 0.3) is 5.69 Å². The maximum Gasteiger partial charge on any atom is 0.417 e. The largest absolute Gasteiger partial charge is 0.417 e. The zero-order chi connectivity index (χ0) is 22.0. The van der Waals surface area contributed by atoms with E-state index in [0.29, 0.717) is 23.6 Å². The van der Waals surface area contributed by atoms with Crippen LogP contribution in [0.15, 0.2) is 55.0 Å². The van der Waals surface area contributed by atoms with Crippen molar-refractivity contribution in [2.24, 2.45) is 0 Å². The molecule has 0 aliphatic carbocycles. The van der Waals surface area contributed by atoms with Crippen molar-refractivity contribution in [1.29, 1.82) is 0 Å². The molecule has 1 aliphatic heterocycles. The zero-order valence-electron chi connectivity index (χ0n) is 16.8. The highest BCUT2D eigenvalue weighted by atomic mass is 19.4. The Morgan fingerprint density at radius 1 is 1.13 bits per heavy atom. The third-order valence-corrected chi connectivity index (χ3v) is 5.44. The van der Waals surface area contributed by atoms with Crippen LogP contribution >= 0.6 is 0 Å². The van der Waals surface area contributed by atoms with Crippen LogP contribution in [0.4, 0.5) is 19.0 Å². The Morgan fingerprint density at radius 3 is 2.55 bits per heavy atom. The first kappa shape index (κ1) is 20.8. The second kappa shape index (κ2) is 8.37. The van der Waals surface area contributed by atoms with Crippen LogP contribution in [0.3, 0.4) is 0 Å². The van der Waals surface area contributed by atoms with E-state index >= 15 is 0 Å². The van der Waals surface area contributed by atoms with E-state index in [0.717, 1.165) is 25.1 Å². The molecule has 3 heterocycles. The number of amides is 1. The van der Waals surface area contributed by atoms with Gasteiger partial charge in [0, 0.05) is 24.8 Å². The van der Waals surface area contributed by atoms with E-state index in [4.69, 9.17) is 0 Å². The summed E-state index contributed by atoms with van der Waals surface area (Å²) in [6, 6.07) is 9.10. The number of carbonyl (C=O) groups excluding carboxylic acids is 1. The molecule has 1 amide bonds. The molecule has 0 spiro atoms. The quantitative estimate of drug-likeness (QED) is 0.682. The molecule has 162 valence electrons. The summed E-state index contributed by atoms with van der Waals surface area (Å²) >= 11 is 0. The van der Waals surface area contributed by atoms with E-state index < -0.39 is 11.7 Å². The van der Waals surface area contributed by atoms with Gasteiger partial charge in [-0.25, -0.2) is 4.98 Å². The van der Waals surface area contributed by atoms with Crippen molar-refractivity contribution in [3.8, 4) is 5.69 Å². The molecule has 0 bridgehead atoms. The highest BCUT2D eigenvalue weighted by molar-refractivity contribution is 5.98. The van der Waals surface area contributed by atoms with E-state index in [1.54, 1.807) is 35.5 Å². The van der Waals surface area contributed by atoms with E-state index in [2.05, 4.69) is 20.5 Å². The fourth-order valence-corrected chi connectivity index (χ4v) is 3.78. The molecule has 7 nitrogen and oxygen atoms in total. The van der Waals surface area contributed by atoms with Crippen molar-refractivity contribution in [3.05, 3.63) is 66.1 Å². The SMILES string of the molecule is C[C@@H]1[C@H](Nc2ccc(C(F)(F)F)cn2)CCCN1C(=O)c1ccccc1-n1nccn1. The maximum absolute atomic E-state index is 13.4. The Labute approximate surface area is 176 Å². The number of rotatable bonds is 4. The Morgan fingerprint density at radius 2 is 1.87 bits per heavy atom. The van der Waals surface area contributed by atoms with Crippen molar-refractivity contribution >= 4 is 11.7 Å². The third kappa shape index (κ3) is 4.37. The predicted molar refractivity (Wildman–Crippen MR) is 108 cm³/mol. The lowest BCUT2D eigenvalue weighted by molar-refractivity contribution is -0.137. The molecule has 2 atom stereocenters. The number of carbonyl (C=O) groups is 1. The molecule has 3 aromatic rings. The van der Waals surface area contributed by atoms with Crippen LogP contribution in [0.2, 0.25) is 0 Å². The summed E-state index contributed by atoms with van der Waals surface area (Å²) in [6.07, 6.45) is 1.01. The minimum atomic E-state index is -4.43. The van der Waals surface area contributed by atoms with Gasteiger partial charge in [0.15, 0.2) is 0 Å². The molecule has 0 radical (unpaired) electrons. The van der Waals surface area contributed by atoms with Crippen LogP contribution in [0, 0.1) is 0 Å². The molecule has 10 heteroatoms. The molecule has 4 rings (SSSR count). The molecule has 1 fully saturated rings. The lowest BCUT2D eigenvalue weighted by Gasteiger charge is -2.40. The molecule has 0 unspecified atom stereocenters. The number of pyridine rings is 1. The van der Waals surface area contributed by atoms with Crippen LogP contribution in [-0.4, -0.2) is 49.4 Å². The molecule has 1 saturated heterocycles. The molecule has 1 aliphatic rings. The van der Waals surface area contributed by atoms with Crippen LogP contribution in [-0.2, 0) is 6.18 Å². The van der Waals surface area contributed by atoms with Gasteiger partial charge in [0.25, 0.3) is 5.91 Å². The molecule has 2 aromatic heterocycles. The second-order valence-electron chi connectivity index (χ2n) is 7.40.